The number of hydrogen-bond acceptors (Lipinski definition) is 4. The highest BCUT2D eigenvalue weighted by Crippen LogP contribution is 2.38. The van der Waals surface area contributed by atoms with E-state index in [0.29, 0.717) is 23.6 Å². The zero-order chi connectivity index (χ0) is 18.6. The lowest BCUT2D eigenvalue weighted by atomic mass is 9.82. The van der Waals surface area contributed by atoms with Gasteiger partial charge in [-0.2, -0.15) is 0 Å². The first-order valence-corrected chi connectivity index (χ1v) is 9.34. The normalized spacial score (nSPS) is 16.8. The molecule has 0 aromatic heterocycles. The van der Waals surface area contributed by atoms with Crippen LogP contribution in [0.1, 0.15) is 33.1 Å². The molecule has 25 heavy (non-hydrogen) atoms. The number of benzene rings is 1. The Morgan fingerprint density at radius 3 is 2.64 bits per heavy atom. The number of hydrogen-bond donors (Lipinski definition) is 3. The van der Waals surface area contributed by atoms with Gasteiger partial charge in [-0.1, -0.05) is 25.4 Å². The number of carboxylic acid groups (broad SMARTS) is 1. The molecule has 6 nitrogen and oxygen atoms in total. The fraction of sp³-hybridized carbons (Fsp3) is 0.471. The lowest BCUT2D eigenvalue weighted by molar-refractivity contribution is -0.149. The number of fused-ring (bicyclic) bond motifs is 1. The highest BCUT2D eigenvalue weighted by Gasteiger charge is 2.36. The topological polar surface area (TPSA) is 95.5 Å². The van der Waals surface area contributed by atoms with E-state index in [4.69, 9.17) is 11.6 Å². The molecular formula is C17H21ClN2O4S. The molecule has 0 radical (unpaired) electrons. The quantitative estimate of drug-likeness (QED) is 0.671. The highest BCUT2D eigenvalue weighted by atomic mass is 35.5. The summed E-state index contributed by atoms with van der Waals surface area (Å²) in [6, 6.07) is 5.20. The number of anilines is 1. The van der Waals surface area contributed by atoms with Crippen LogP contribution in [-0.4, -0.2) is 34.7 Å². The van der Waals surface area contributed by atoms with Gasteiger partial charge in [0.2, 0.25) is 11.8 Å². The summed E-state index contributed by atoms with van der Waals surface area (Å²) in [5, 5.41) is 14.8. The lowest BCUT2D eigenvalue weighted by Crippen LogP contribution is -2.43. The Labute approximate surface area is 155 Å². The van der Waals surface area contributed by atoms with E-state index in [1.165, 1.54) is 11.8 Å². The van der Waals surface area contributed by atoms with Crippen molar-refractivity contribution in [3.63, 3.8) is 0 Å². The van der Waals surface area contributed by atoms with Gasteiger partial charge in [0, 0.05) is 22.9 Å². The molecular weight excluding hydrogens is 364 g/mol. The molecule has 3 N–H and O–H groups in total. The van der Waals surface area contributed by atoms with E-state index in [1.54, 1.807) is 32.0 Å². The zero-order valence-corrected chi connectivity index (χ0v) is 15.7. The molecule has 0 saturated carbocycles. The summed E-state index contributed by atoms with van der Waals surface area (Å²) in [6.45, 7) is 3.63. The number of rotatable bonds is 7. The van der Waals surface area contributed by atoms with Crippen LogP contribution in [0.3, 0.4) is 0 Å². The van der Waals surface area contributed by atoms with Crippen LogP contribution >= 0.6 is 23.4 Å². The maximum absolute atomic E-state index is 12.2. The van der Waals surface area contributed by atoms with Crippen molar-refractivity contribution in [2.24, 2.45) is 5.41 Å². The summed E-state index contributed by atoms with van der Waals surface area (Å²) in [5.74, 6) is -1.52. The number of amides is 2. The monoisotopic (exact) mass is 384 g/mol. The molecule has 1 aliphatic heterocycles. The second-order valence-electron chi connectivity index (χ2n) is 6.01. The first kappa shape index (κ1) is 19.6. The average molecular weight is 385 g/mol. The van der Waals surface area contributed by atoms with E-state index in [2.05, 4.69) is 10.6 Å². The van der Waals surface area contributed by atoms with Crippen LogP contribution in [0.2, 0.25) is 5.02 Å². The van der Waals surface area contributed by atoms with Crippen LogP contribution in [0.5, 0.6) is 0 Å². The average Bonchev–Trinajstić information content (AvgIpc) is 2.57. The predicted octanol–water partition coefficient (Wildman–Crippen LogP) is 3.15. The van der Waals surface area contributed by atoms with E-state index in [-0.39, 0.29) is 24.8 Å². The largest absolute Gasteiger partial charge is 0.481 e. The number of nitrogens with one attached hydrogen (secondary N) is 2. The molecule has 1 heterocycles. The van der Waals surface area contributed by atoms with Crippen molar-refractivity contribution in [1.29, 1.82) is 0 Å². The fourth-order valence-corrected chi connectivity index (χ4v) is 3.91. The van der Waals surface area contributed by atoms with Gasteiger partial charge in [0.05, 0.1) is 16.4 Å². The fourth-order valence-electron chi connectivity index (χ4n) is 2.64. The third-order valence-electron chi connectivity index (χ3n) is 4.56. The Kier molecular flexibility index (Phi) is 6.35. The minimum absolute atomic E-state index is 0.0122. The summed E-state index contributed by atoms with van der Waals surface area (Å²) >= 11 is 7.21. The molecule has 8 heteroatoms. The van der Waals surface area contributed by atoms with Crippen LogP contribution in [0.15, 0.2) is 23.1 Å². The summed E-state index contributed by atoms with van der Waals surface area (Å²) in [4.78, 5) is 36.7. The summed E-state index contributed by atoms with van der Waals surface area (Å²) in [5.41, 5.74) is -0.331. The molecule has 136 valence electrons. The molecule has 1 atom stereocenters. The number of carboxylic acids is 1. The van der Waals surface area contributed by atoms with E-state index in [0.717, 1.165) is 4.90 Å². The molecule has 0 aliphatic carbocycles. The van der Waals surface area contributed by atoms with Gasteiger partial charge in [0.25, 0.3) is 0 Å². The first-order valence-electron chi connectivity index (χ1n) is 8.08. The summed E-state index contributed by atoms with van der Waals surface area (Å²) in [7, 11) is 0. The SMILES string of the molecule is CCC(CC)(CNC(=O)CC1Sc2ccc(Cl)cc2NC1=O)C(=O)O. The molecule has 1 aliphatic rings. The van der Waals surface area contributed by atoms with E-state index >= 15 is 0 Å². The van der Waals surface area contributed by atoms with E-state index in [1.807, 2.05) is 0 Å². The minimum atomic E-state index is -0.971. The molecule has 0 bridgehead atoms. The maximum atomic E-state index is 12.2. The molecule has 0 saturated heterocycles. The van der Waals surface area contributed by atoms with Crippen LogP contribution in [0, 0.1) is 5.41 Å². The number of aliphatic carboxylic acids is 1. The number of thioether (sulfide) groups is 1. The van der Waals surface area contributed by atoms with Gasteiger partial charge in [-0.05, 0) is 31.0 Å². The number of halogens is 1. The maximum Gasteiger partial charge on any atom is 0.311 e. The molecule has 2 rings (SSSR count). The van der Waals surface area contributed by atoms with Crippen LogP contribution < -0.4 is 10.6 Å². The Balaban J connectivity index is 1.98. The van der Waals surface area contributed by atoms with Crippen molar-refractivity contribution in [3.8, 4) is 0 Å². The second-order valence-corrected chi connectivity index (χ2v) is 7.69. The minimum Gasteiger partial charge on any atom is -0.481 e. The standard InChI is InChI=1S/C17H21ClN2O4S/c1-3-17(4-2,16(23)24)9-19-14(21)8-13-15(22)20-11-7-10(18)5-6-12(11)25-13/h5-7,13H,3-4,8-9H2,1-2H3,(H,19,21)(H,20,22)(H,23,24). The van der Waals surface area contributed by atoms with Gasteiger partial charge in [0.1, 0.15) is 0 Å². The molecule has 0 fully saturated rings. The molecule has 1 aromatic carbocycles. The number of carbonyl (C=O) groups is 3. The van der Waals surface area contributed by atoms with E-state index < -0.39 is 16.6 Å². The second kappa shape index (κ2) is 8.10. The third kappa shape index (κ3) is 4.46. The van der Waals surface area contributed by atoms with Crippen LogP contribution in [0.25, 0.3) is 0 Å². The van der Waals surface area contributed by atoms with Crippen molar-refractivity contribution in [3.05, 3.63) is 23.2 Å². The smallest absolute Gasteiger partial charge is 0.311 e. The Bertz CT molecular complexity index is 691. The van der Waals surface area contributed by atoms with Crippen molar-refractivity contribution in [2.45, 2.75) is 43.3 Å². The van der Waals surface area contributed by atoms with Gasteiger partial charge in [0.15, 0.2) is 0 Å². The lowest BCUT2D eigenvalue weighted by Gasteiger charge is -2.28. The van der Waals surface area contributed by atoms with Gasteiger partial charge in [-0.3, -0.25) is 14.4 Å². The van der Waals surface area contributed by atoms with Crippen molar-refractivity contribution >= 4 is 46.8 Å². The van der Waals surface area contributed by atoms with E-state index in [9.17, 15) is 19.5 Å². The summed E-state index contributed by atoms with van der Waals surface area (Å²) < 4.78 is 0. The van der Waals surface area contributed by atoms with Crippen molar-refractivity contribution in [2.75, 3.05) is 11.9 Å². The number of carbonyl (C=O) groups excluding carboxylic acids is 2. The molecule has 0 spiro atoms. The Morgan fingerprint density at radius 2 is 2.04 bits per heavy atom. The van der Waals surface area contributed by atoms with Gasteiger partial charge in [-0.25, -0.2) is 0 Å². The third-order valence-corrected chi connectivity index (χ3v) is 6.07. The Morgan fingerprint density at radius 1 is 1.36 bits per heavy atom. The summed E-state index contributed by atoms with van der Waals surface area (Å²) in [6.07, 6.45) is 0.833. The van der Waals surface area contributed by atoms with Crippen LogP contribution in [0.4, 0.5) is 5.69 Å². The zero-order valence-electron chi connectivity index (χ0n) is 14.1. The molecule has 2 amide bonds. The predicted molar refractivity (Wildman–Crippen MR) is 98.0 cm³/mol. The highest BCUT2D eigenvalue weighted by molar-refractivity contribution is 8.01. The van der Waals surface area contributed by atoms with Crippen molar-refractivity contribution in [1.82, 2.24) is 5.32 Å². The Hall–Kier alpha value is -1.73. The van der Waals surface area contributed by atoms with Crippen molar-refractivity contribution < 1.29 is 19.5 Å². The van der Waals surface area contributed by atoms with Crippen LogP contribution in [-0.2, 0) is 14.4 Å². The van der Waals surface area contributed by atoms with Gasteiger partial charge >= 0.3 is 5.97 Å². The van der Waals surface area contributed by atoms with Gasteiger partial charge in [-0.15, -0.1) is 11.8 Å². The van der Waals surface area contributed by atoms with Gasteiger partial charge < -0.3 is 15.7 Å². The molecule has 1 unspecified atom stereocenters. The first-order chi connectivity index (χ1) is 11.8. The molecule has 1 aromatic rings.